The molecule has 1 heterocycles. The lowest BCUT2D eigenvalue weighted by molar-refractivity contribution is -0.149. The molecule has 4 nitrogen and oxygen atoms in total. The molecule has 2 fully saturated rings. The van der Waals surface area contributed by atoms with Gasteiger partial charge in [-0.25, -0.2) is 0 Å². The Morgan fingerprint density at radius 1 is 1.32 bits per heavy atom. The summed E-state index contributed by atoms with van der Waals surface area (Å²) in [6.07, 6.45) is 4.41. The highest BCUT2D eigenvalue weighted by atomic mass is 16.2. The van der Waals surface area contributed by atoms with E-state index in [1.165, 1.54) is 6.42 Å². The van der Waals surface area contributed by atoms with E-state index in [0.29, 0.717) is 0 Å². The standard InChI is InChI=1S/C15H26N2O2/c1-10(2)13-14(19)17(9-12(18)16-13)11-6-5-7-15(3,4)8-11/h10-11,13H,5-9H2,1-4H3,(H,16,18). The lowest BCUT2D eigenvalue weighted by Crippen LogP contribution is -2.62. The Morgan fingerprint density at radius 2 is 2.00 bits per heavy atom. The van der Waals surface area contributed by atoms with Gasteiger partial charge in [0.25, 0.3) is 0 Å². The Hall–Kier alpha value is -1.06. The number of hydrogen-bond donors (Lipinski definition) is 1. The van der Waals surface area contributed by atoms with E-state index in [1.54, 1.807) is 0 Å². The maximum absolute atomic E-state index is 12.5. The van der Waals surface area contributed by atoms with E-state index in [-0.39, 0.29) is 41.8 Å². The van der Waals surface area contributed by atoms with Crippen molar-refractivity contribution in [2.75, 3.05) is 6.54 Å². The van der Waals surface area contributed by atoms with Crippen LogP contribution in [0.1, 0.15) is 53.4 Å². The zero-order valence-corrected chi connectivity index (χ0v) is 12.5. The predicted octanol–water partition coefficient (Wildman–Crippen LogP) is 1.94. The van der Waals surface area contributed by atoms with Crippen molar-refractivity contribution in [3.05, 3.63) is 0 Å². The summed E-state index contributed by atoms with van der Waals surface area (Å²) in [5.74, 6) is 0.245. The third-order valence-electron chi connectivity index (χ3n) is 4.47. The van der Waals surface area contributed by atoms with Crippen LogP contribution in [-0.2, 0) is 9.59 Å². The molecule has 19 heavy (non-hydrogen) atoms. The summed E-state index contributed by atoms with van der Waals surface area (Å²) in [6, 6.07) is -0.102. The topological polar surface area (TPSA) is 49.4 Å². The molecule has 0 aromatic heterocycles. The van der Waals surface area contributed by atoms with Crippen molar-refractivity contribution in [1.29, 1.82) is 0 Å². The van der Waals surface area contributed by atoms with Gasteiger partial charge in [0.15, 0.2) is 0 Å². The maximum atomic E-state index is 12.5. The van der Waals surface area contributed by atoms with Crippen LogP contribution in [0.25, 0.3) is 0 Å². The second-order valence-corrected chi connectivity index (χ2v) is 7.17. The van der Waals surface area contributed by atoms with E-state index >= 15 is 0 Å². The maximum Gasteiger partial charge on any atom is 0.246 e. The van der Waals surface area contributed by atoms with Crippen LogP contribution in [0, 0.1) is 11.3 Å². The molecule has 1 saturated heterocycles. The minimum Gasteiger partial charge on any atom is -0.343 e. The van der Waals surface area contributed by atoms with E-state index in [0.717, 1.165) is 19.3 Å². The lowest BCUT2D eigenvalue weighted by atomic mass is 9.74. The number of carbonyl (C=O) groups excluding carboxylic acids is 2. The summed E-state index contributed by atoms with van der Waals surface area (Å²) in [5, 5.41) is 2.83. The zero-order chi connectivity index (χ0) is 14.2. The first-order chi connectivity index (χ1) is 8.80. The highest BCUT2D eigenvalue weighted by Gasteiger charge is 2.40. The number of piperazine rings is 1. The van der Waals surface area contributed by atoms with Gasteiger partial charge in [-0.3, -0.25) is 9.59 Å². The third-order valence-corrected chi connectivity index (χ3v) is 4.47. The van der Waals surface area contributed by atoms with Crippen LogP contribution in [0.5, 0.6) is 0 Å². The molecule has 0 aromatic carbocycles. The van der Waals surface area contributed by atoms with Crippen molar-refractivity contribution in [2.24, 2.45) is 11.3 Å². The Kier molecular flexibility index (Phi) is 3.88. The second kappa shape index (κ2) is 5.14. The molecule has 2 unspecified atom stereocenters. The van der Waals surface area contributed by atoms with Gasteiger partial charge in [-0.1, -0.05) is 34.1 Å². The normalized spacial score (nSPS) is 31.5. The van der Waals surface area contributed by atoms with Gasteiger partial charge in [-0.2, -0.15) is 0 Å². The van der Waals surface area contributed by atoms with Gasteiger partial charge in [-0.05, 0) is 30.6 Å². The Bertz CT molecular complexity index is 376. The van der Waals surface area contributed by atoms with E-state index in [1.807, 2.05) is 18.7 Å². The molecule has 4 heteroatoms. The van der Waals surface area contributed by atoms with Crippen LogP contribution in [0.2, 0.25) is 0 Å². The average Bonchev–Trinajstić information content (AvgIpc) is 2.30. The Balaban J connectivity index is 2.13. The highest BCUT2D eigenvalue weighted by molar-refractivity contribution is 5.95. The molecule has 1 saturated carbocycles. The number of nitrogens with zero attached hydrogens (tertiary/aromatic N) is 1. The molecular weight excluding hydrogens is 240 g/mol. The molecule has 2 amide bonds. The number of nitrogens with one attached hydrogen (secondary N) is 1. The Morgan fingerprint density at radius 3 is 2.58 bits per heavy atom. The van der Waals surface area contributed by atoms with E-state index in [9.17, 15) is 9.59 Å². The van der Waals surface area contributed by atoms with Gasteiger partial charge < -0.3 is 10.2 Å². The van der Waals surface area contributed by atoms with Gasteiger partial charge in [-0.15, -0.1) is 0 Å². The summed E-state index contributed by atoms with van der Waals surface area (Å²) in [5.41, 5.74) is 0.282. The summed E-state index contributed by atoms with van der Waals surface area (Å²) in [4.78, 5) is 26.2. The number of amides is 2. The zero-order valence-electron chi connectivity index (χ0n) is 12.5. The van der Waals surface area contributed by atoms with Crippen LogP contribution in [0.3, 0.4) is 0 Å². The first kappa shape index (κ1) is 14.4. The smallest absolute Gasteiger partial charge is 0.246 e. The number of rotatable bonds is 2. The third kappa shape index (κ3) is 3.10. The molecule has 0 radical (unpaired) electrons. The van der Waals surface area contributed by atoms with E-state index in [4.69, 9.17) is 0 Å². The summed E-state index contributed by atoms with van der Waals surface area (Å²) >= 11 is 0. The van der Waals surface area contributed by atoms with E-state index < -0.39 is 0 Å². The number of carbonyl (C=O) groups is 2. The van der Waals surface area contributed by atoms with Crippen molar-refractivity contribution in [2.45, 2.75) is 65.5 Å². The molecule has 0 spiro atoms. The first-order valence-corrected chi connectivity index (χ1v) is 7.40. The minimum absolute atomic E-state index is 0.0123. The SMILES string of the molecule is CC(C)C1NC(=O)CN(C2CCCC(C)(C)C2)C1=O. The van der Waals surface area contributed by atoms with Crippen molar-refractivity contribution in [1.82, 2.24) is 10.2 Å². The van der Waals surface area contributed by atoms with Crippen molar-refractivity contribution < 1.29 is 9.59 Å². The van der Waals surface area contributed by atoms with Crippen LogP contribution in [-0.4, -0.2) is 35.3 Å². The van der Waals surface area contributed by atoms with E-state index in [2.05, 4.69) is 19.2 Å². The number of hydrogen-bond acceptors (Lipinski definition) is 2. The lowest BCUT2D eigenvalue weighted by Gasteiger charge is -2.44. The molecule has 0 aromatic rings. The molecule has 108 valence electrons. The summed E-state index contributed by atoms with van der Waals surface area (Å²) < 4.78 is 0. The fraction of sp³-hybridized carbons (Fsp3) is 0.867. The first-order valence-electron chi connectivity index (χ1n) is 7.40. The molecule has 2 rings (SSSR count). The fourth-order valence-electron chi connectivity index (χ4n) is 3.38. The molecular formula is C15H26N2O2. The Labute approximate surface area is 115 Å². The average molecular weight is 266 g/mol. The molecule has 2 atom stereocenters. The summed E-state index contributed by atoms with van der Waals surface area (Å²) in [7, 11) is 0. The quantitative estimate of drug-likeness (QED) is 0.830. The van der Waals surface area contributed by atoms with Gasteiger partial charge in [0, 0.05) is 6.04 Å². The largest absolute Gasteiger partial charge is 0.343 e. The molecule has 1 aliphatic heterocycles. The van der Waals surface area contributed by atoms with Crippen LogP contribution >= 0.6 is 0 Å². The van der Waals surface area contributed by atoms with Crippen LogP contribution < -0.4 is 5.32 Å². The van der Waals surface area contributed by atoms with Crippen molar-refractivity contribution in [3.8, 4) is 0 Å². The predicted molar refractivity (Wildman–Crippen MR) is 74.5 cm³/mol. The van der Waals surface area contributed by atoms with Gasteiger partial charge in [0.1, 0.15) is 6.04 Å². The van der Waals surface area contributed by atoms with Crippen molar-refractivity contribution in [3.63, 3.8) is 0 Å². The van der Waals surface area contributed by atoms with Crippen LogP contribution in [0.4, 0.5) is 0 Å². The molecule has 1 N–H and O–H groups in total. The van der Waals surface area contributed by atoms with Gasteiger partial charge >= 0.3 is 0 Å². The van der Waals surface area contributed by atoms with Gasteiger partial charge in [0.05, 0.1) is 6.54 Å². The second-order valence-electron chi connectivity index (χ2n) is 7.17. The molecule has 2 aliphatic rings. The monoisotopic (exact) mass is 266 g/mol. The molecule has 0 bridgehead atoms. The minimum atomic E-state index is -0.341. The van der Waals surface area contributed by atoms with Gasteiger partial charge in [0.2, 0.25) is 11.8 Å². The fourth-order valence-corrected chi connectivity index (χ4v) is 3.38. The summed E-state index contributed by atoms with van der Waals surface area (Å²) in [6.45, 7) is 8.72. The molecule has 1 aliphatic carbocycles. The van der Waals surface area contributed by atoms with Crippen LogP contribution in [0.15, 0.2) is 0 Å². The van der Waals surface area contributed by atoms with Crippen molar-refractivity contribution >= 4 is 11.8 Å². The highest BCUT2D eigenvalue weighted by Crippen LogP contribution is 2.37.